The minimum atomic E-state index is -0.852. The van der Waals surface area contributed by atoms with Crippen LogP contribution in [0.5, 0.6) is 0 Å². The summed E-state index contributed by atoms with van der Waals surface area (Å²) >= 11 is 0. The van der Waals surface area contributed by atoms with Gasteiger partial charge in [-0.2, -0.15) is 0 Å². The van der Waals surface area contributed by atoms with Crippen molar-refractivity contribution >= 4 is 11.9 Å². The maximum Gasteiger partial charge on any atom is 0.307 e. The van der Waals surface area contributed by atoms with Gasteiger partial charge < -0.3 is 15.2 Å². The molecule has 2 N–H and O–H groups in total. The first-order valence-corrected chi connectivity index (χ1v) is 6.46. The van der Waals surface area contributed by atoms with Gasteiger partial charge in [-0.15, -0.1) is 0 Å². The zero-order chi connectivity index (χ0) is 12.7. The first kappa shape index (κ1) is 11.7. The van der Waals surface area contributed by atoms with Crippen molar-refractivity contribution < 1.29 is 19.4 Å². The summed E-state index contributed by atoms with van der Waals surface area (Å²) in [6, 6.07) is 0.0510. The maximum atomic E-state index is 12.2. The minimum absolute atomic E-state index is 0.0306. The third kappa shape index (κ3) is 1.82. The number of rotatable bonds is 3. The molecule has 98 valence electrons. The van der Waals surface area contributed by atoms with Crippen molar-refractivity contribution in [3.63, 3.8) is 0 Å². The standard InChI is InChI=1S/C13H17NO4/c15-12(14-9-3-4-18-6-9)10-7-1-2-8(5-7)11(10)13(16)17/h1-2,7-11H,3-6H2,(H,14,15)(H,16,17). The van der Waals surface area contributed by atoms with E-state index in [0.717, 1.165) is 12.8 Å². The third-order valence-electron chi connectivity index (χ3n) is 4.32. The highest BCUT2D eigenvalue weighted by Crippen LogP contribution is 2.48. The van der Waals surface area contributed by atoms with E-state index in [9.17, 15) is 14.7 Å². The number of ether oxygens (including phenoxy) is 1. The molecule has 1 heterocycles. The summed E-state index contributed by atoms with van der Waals surface area (Å²) in [4.78, 5) is 23.5. The molecule has 2 fully saturated rings. The van der Waals surface area contributed by atoms with Gasteiger partial charge in [0, 0.05) is 6.61 Å². The molecule has 1 amide bonds. The van der Waals surface area contributed by atoms with E-state index in [1.54, 1.807) is 0 Å². The van der Waals surface area contributed by atoms with Crippen molar-refractivity contribution in [3.8, 4) is 0 Å². The predicted octanol–water partition coefficient (Wildman–Crippen LogP) is 0.414. The molecule has 0 aromatic carbocycles. The number of hydrogen-bond donors (Lipinski definition) is 2. The van der Waals surface area contributed by atoms with Gasteiger partial charge in [0.1, 0.15) is 0 Å². The maximum absolute atomic E-state index is 12.2. The number of fused-ring (bicyclic) bond motifs is 2. The van der Waals surface area contributed by atoms with Crippen molar-refractivity contribution in [1.82, 2.24) is 5.32 Å². The quantitative estimate of drug-likeness (QED) is 0.713. The molecule has 5 atom stereocenters. The zero-order valence-corrected chi connectivity index (χ0v) is 10.0. The van der Waals surface area contributed by atoms with Gasteiger partial charge in [0.2, 0.25) is 5.91 Å². The average molecular weight is 251 g/mol. The SMILES string of the molecule is O=C(O)C1C2C=CC(C2)C1C(=O)NC1CCOC1. The summed E-state index contributed by atoms with van der Waals surface area (Å²) < 4.78 is 5.21. The summed E-state index contributed by atoms with van der Waals surface area (Å²) in [5.74, 6) is -1.80. The highest BCUT2D eigenvalue weighted by atomic mass is 16.5. The number of allylic oxidation sites excluding steroid dienone is 2. The van der Waals surface area contributed by atoms with Crippen molar-refractivity contribution in [2.45, 2.75) is 18.9 Å². The lowest BCUT2D eigenvalue weighted by Gasteiger charge is -2.25. The molecular formula is C13H17NO4. The molecule has 0 spiro atoms. The molecule has 1 saturated heterocycles. The van der Waals surface area contributed by atoms with E-state index in [-0.39, 0.29) is 23.8 Å². The largest absolute Gasteiger partial charge is 0.481 e. The number of aliphatic carboxylic acids is 1. The second-order valence-corrected chi connectivity index (χ2v) is 5.41. The number of amides is 1. The lowest BCUT2D eigenvalue weighted by molar-refractivity contribution is -0.148. The van der Waals surface area contributed by atoms with Crippen LogP contribution in [0.2, 0.25) is 0 Å². The van der Waals surface area contributed by atoms with Gasteiger partial charge in [-0.05, 0) is 24.7 Å². The summed E-state index contributed by atoms with van der Waals surface area (Å²) in [6.45, 7) is 1.21. The summed E-state index contributed by atoms with van der Waals surface area (Å²) in [7, 11) is 0. The number of hydrogen-bond acceptors (Lipinski definition) is 3. The van der Waals surface area contributed by atoms with Crippen LogP contribution in [0, 0.1) is 23.7 Å². The molecule has 0 aromatic heterocycles. The zero-order valence-electron chi connectivity index (χ0n) is 10.0. The fourth-order valence-electron chi connectivity index (χ4n) is 3.46. The summed E-state index contributed by atoms with van der Waals surface area (Å²) in [6.07, 6.45) is 5.57. The van der Waals surface area contributed by atoms with Gasteiger partial charge in [0.05, 0.1) is 24.5 Å². The van der Waals surface area contributed by atoms with Gasteiger partial charge in [0.15, 0.2) is 0 Å². The fourth-order valence-corrected chi connectivity index (χ4v) is 3.46. The Morgan fingerprint density at radius 3 is 2.56 bits per heavy atom. The molecule has 2 bridgehead atoms. The smallest absolute Gasteiger partial charge is 0.307 e. The van der Waals surface area contributed by atoms with Crippen molar-refractivity contribution in [2.24, 2.45) is 23.7 Å². The first-order valence-electron chi connectivity index (χ1n) is 6.46. The Hall–Kier alpha value is -1.36. The van der Waals surface area contributed by atoms with E-state index in [4.69, 9.17) is 4.74 Å². The second kappa shape index (κ2) is 4.39. The monoisotopic (exact) mass is 251 g/mol. The van der Waals surface area contributed by atoms with Gasteiger partial charge in [-0.25, -0.2) is 0 Å². The van der Waals surface area contributed by atoms with Crippen LogP contribution in [0.4, 0.5) is 0 Å². The van der Waals surface area contributed by atoms with Crippen LogP contribution < -0.4 is 5.32 Å². The van der Waals surface area contributed by atoms with E-state index < -0.39 is 17.8 Å². The highest BCUT2D eigenvalue weighted by Gasteiger charge is 2.51. The summed E-state index contributed by atoms with van der Waals surface area (Å²) in [5, 5.41) is 12.2. The molecule has 5 nitrogen and oxygen atoms in total. The van der Waals surface area contributed by atoms with Gasteiger partial charge >= 0.3 is 5.97 Å². The third-order valence-corrected chi connectivity index (χ3v) is 4.32. The number of nitrogens with one attached hydrogen (secondary N) is 1. The lowest BCUT2D eigenvalue weighted by atomic mass is 9.82. The highest BCUT2D eigenvalue weighted by molar-refractivity contribution is 5.87. The lowest BCUT2D eigenvalue weighted by Crippen LogP contribution is -2.44. The first-order chi connectivity index (χ1) is 8.66. The predicted molar refractivity (Wildman–Crippen MR) is 62.7 cm³/mol. The molecule has 1 aliphatic heterocycles. The van der Waals surface area contributed by atoms with Crippen LogP contribution in [0.25, 0.3) is 0 Å². The van der Waals surface area contributed by atoms with Gasteiger partial charge in [-0.1, -0.05) is 12.2 Å². The number of carboxylic acid groups (broad SMARTS) is 1. The van der Waals surface area contributed by atoms with Gasteiger partial charge in [0.25, 0.3) is 0 Å². The summed E-state index contributed by atoms with van der Waals surface area (Å²) in [5.41, 5.74) is 0. The molecule has 2 aliphatic carbocycles. The molecular weight excluding hydrogens is 234 g/mol. The molecule has 1 saturated carbocycles. The Kier molecular flexibility index (Phi) is 2.86. The number of carbonyl (C=O) groups excluding carboxylic acids is 1. The van der Waals surface area contributed by atoms with Crippen LogP contribution in [0.15, 0.2) is 12.2 Å². The van der Waals surface area contributed by atoms with E-state index in [1.807, 2.05) is 12.2 Å². The second-order valence-electron chi connectivity index (χ2n) is 5.41. The number of carboxylic acids is 1. The van der Waals surface area contributed by atoms with E-state index in [1.165, 1.54) is 0 Å². The van der Waals surface area contributed by atoms with E-state index >= 15 is 0 Å². The Bertz CT molecular complexity index is 400. The Balaban J connectivity index is 1.71. The van der Waals surface area contributed by atoms with E-state index in [2.05, 4.69) is 5.32 Å². The Morgan fingerprint density at radius 1 is 1.22 bits per heavy atom. The molecule has 18 heavy (non-hydrogen) atoms. The normalized spacial score (nSPS) is 41.2. The van der Waals surface area contributed by atoms with Crippen LogP contribution in [-0.2, 0) is 14.3 Å². The van der Waals surface area contributed by atoms with E-state index in [0.29, 0.717) is 13.2 Å². The van der Waals surface area contributed by atoms with Crippen LogP contribution >= 0.6 is 0 Å². The van der Waals surface area contributed by atoms with Crippen LogP contribution in [0.3, 0.4) is 0 Å². The Morgan fingerprint density at radius 2 is 1.94 bits per heavy atom. The average Bonchev–Trinajstić information content (AvgIpc) is 3.03. The van der Waals surface area contributed by atoms with Crippen molar-refractivity contribution in [1.29, 1.82) is 0 Å². The van der Waals surface area contributed by atoms with Crippen molar-refractivity contribution in [2.75, 3.05) is 13.2 Å². The molecule has 3 aliphatic rings. The van der Waals surface area contributed by atoms with Crippen LogP contribution in [-0.4, -0.2) is 36.2 Å². The molecule has 0 radical (unpaired) electrons. The van der Waals surface area contributed by atoms with Gasteiger partial charge in [-0.3, -0.25) is 9.59 Å². The molecule has 3 rings (SSSR count). The minimum Gasteiger partial charge on any atom is -0.481 e. The molecule has 0 aromatic rings. The number of carbonyl (C=O) groups is 2. The van der Waals surface area contributed by atoms with Crippen LogP contribution in [0.1, 0.15) is 12.8 Å². The topological polar surface area (TPSA) is 75.6 Å². The van der Waals surface area contributed by atoms with Crippen molar-refractivity contribution in [3.05, 3.63) is 12.2 Å². The Labute approximate surface area is 105 Å². The molecule has 5 unspecified atom stereocenters. The molecule has 5 heteroatoms. The fraction of sp³-hybridized carbons (Fsp3) is 0.692.